The average Bonchev–Trinajstić information content (AvgIpc) is 3.03. The van der Waals surface area contributed by atoms with Gasteiger partial charge < -0.3 is 14.2 Å². The highest BCUT2D eigenvalue weighted by Gasteiger charge is 2.43. The molecule has 2 atom stereocenters. The van der Waals surface area contributed by atoms with Crippen molar-refractivity contribution in [2.75, 3.05) is 13.7 Å². The Morgan fingerprint density at radius 3 is 2.68 bits per heavy atom. The molecular formula is C20H23ClN2O5. The SMILES string of the molecule is COC(=O)C1CC(Oc2ccnc3cc(Cl)ccc23)CN1C(=O)OC(C)(C)C. The molecule has 1 aromatic carbocycles. The van der Waals surface area contributed by atoms with E-state index in [4.69, 9.17) is 25.8 Å². The zero-order valence-electron chi connectivity index (χ0n) is 16.3. The number of ether oxygens (including phenoxy) is 3. The van der Waals surface area contributed by atoms with Gasteiger partial charge in [-0.2, -0.15) is 0 Å². The number of amides is 1. The molecule has 150 valence electrons. The van der Waals surface area contributed by atoms with Crippen LogP contribution in [0.25, 0.3) is 10.9 Å². The molecule has 1 amide bonds. The Morgan fingerprint density at radius 1 is 1.25 bits per heavy atom. The molecule has 1 aliphatic rings. The van der Waals surface area contributed by atoms with Crippen molar-refractivity contribution in [3.63, 3.8) is 0 Å². The Bertz CT molecular complexity index is 896. The van der Waals surface area contributed by atoms with Crippen molar-refractivity contribution in [3.8, 4) is 5.75 Å². The van der Waals surface area contributed by atoms with Crippen LogP contribution < -0.4 is 4.74 Å². The molecule has 2 aromatic rings. The van der Waals surface area contributed by atoms with E-state index >= 15 is 0 Å². The first-order chi connectivity index (χ1) is 13.2. The molecule has 1 aliphatic heterocycles. The maximum absolute atomic E-state index is 12.6. The third kappa shape index (κ3) is 4.47. The summed E-state index contributed by atoms with van der Waals surface area (Å²) >= 11 is 6.03. The smallest absolute Gasteiger partial charge is 0.411 e. The number of nitrogens with zero attached hydrogens (tertiary/aromatic N) is 2. The number of hydrogen-bond donors (Lipinski definition) is 0. The minimum Gasteiger partial charge on any atom is -0.488 e. The summed E-state index contributed by atoms with van der Waals surface area (Å²) in [4.78, 5) is 30.4. The number of benzene rings is 1. The van der Waals surface area contributed by atoms with Gasteiger partial charge in [0.2, 0.25) is 0 Å². The number of likely N-dealkylation sites (tertiary alicyclic amines) is 1. The number of pyridine rings is 1. The molecule has 0 radical (unpaired) electrons. The van der Waals surface area contributed by atoms with Gasteiger partial charge in [-0.05, 0) is 45.0 Å². The summed E-state index contributed by atoms with van der Waals surface area (Å²) in [5.74, 6) is 0.115. The van der Waals surface area contributed by atoms with E-state index in [1.165, 1.54) is 12.0 Å². The normalized spacial score (nSPS) is 19.5. The Hall–Kier alpha value is -2.54. The van der Waals surface area contributed by atoms with Crippen LogP contribution in [0, 0.1) is 0 Å². The van der Waals surface area contributed by atoms with Crippen LogP contribution in [0.5, 0.6) is 5.75 Å². The number of esters is 1. The number of fused-ring (bicyclic) bond motifs is 1. The molecule has 0 aliphatic carbocycles. The van der Waals surface area contributed by atoms with Gasteiger partial charge in [-0.3, -0.25) is 9.88 Å². The molecule has 0 N–H and O–H groups in total. The van der Waals surface area contributed by atoms with E-state index in [0.717, 1.165) is 5.39 Å². The van der Waals surface area contributed by atoms with Gasteiger partial charge >= 0.3 is 12.1 Å². The van der Waals surface area contributed by atoms with Crippen LogP contribution in [0.15, 0.2) is 30.5 Å². The van der Waals surface area contributed by atoms with Crippen LogP contribution in [-0.2, 0) is 14.3 Å². The maximum atomic E-state index is 12.6. The maximum Gasteiger partial charge on any atom is 0.411 e. The van der Waals surface area contributed by atoms with Crippen LogP contribution in [0.3, 0.4) is 0 Å². The fraction of sp³-hybridized carbons (Fsp3) is 0.450. The van der Waals surface area contributed by atoms with Crippen LogP contribution in [0.2, 0.25) is 5.02 Å². The number of hydrogen-bond acceptors (Lipinski definition) is 6. The van der Waals surface area contributed by atoms with Gasteiger partial charge in [0.15, 0.2) is 0 Å². The van der Waals surface area contributed by atoms with Gasteiger partial charge in [-0.1, -0.05) is 11.6 Å². The topological polar surface area (TPSA) is 78.0 Å². The number of halogens is 1. The van der Waals surface area contributed by atoms with E-state index in [2.05, 4.69) is 4.98 Å². The summed E-state index contributed by atoms with van der Waals surface area (Å²) in [7, 11) is 1.30. The predicted molar refractivity (Wildman–Crippen MR) is 105 cm³/mol. The van der Waals surface area contributed by atoms with Crippen molar-refractivity contribution in [3.05, 3.63) is 35.5 Å². The van der Waals surface area contributed by atoms with Crippen LogP contribution >= 0.6 is 11.6 Å². The highest BCUT2D eigenvalue weighted by Crippen LogP contribution is 2.30. The summed E-state index contributed by atoms with van der Waals surface area (Å²) in [5, 5.41) is 1.39. The number of carbonyl (C=O) groups is 2. The van der Waals surface area contributed by atoms with Crippen molar-refractivity contribution in [1.82, 2.24) is 9.88 Å². The van der Waals surface area contributed by atoms with Gasteiger partial charge in [0.1, 0.15) is 23.5 Å². The standard InChI is InChI=1S/C20H23ClN2O5/c1-20(2,3)28-19(25)23-11-13(10-16(23)18(24)26-4)27-17-7-8-22-15-9-12(21)5-6-14(15)17/h5-9,13,16H,10-11H2,1-4H3. The summed E-state index contributed by atoms with van der Waals surface area (Å²) in [6.07, 6.45) is 0.980. The molecule has 3 rings (SSSR count). The molecule has 0 bridgehead atoms. The lowest BCUT2D eigenvalue weighted by atomic mass is 10.2. The number of aromatic nitrogens is 1. The van der Waals surface area contributed by atoms with Gasteiger partial charge in [0.05, 0.1) is 19.2 Å². The minimum absolute atomic E-state index is 0.214. The summed E-state index contributed by atoms with van der Waals surface area (Å²) in [6, 6.07) is 6.34. The van der Waals surface area contributed by atoms with Crippen molar-refractivity contribution >= 4 is 34.6 Å². The zero-order valence-corrected chi connectivity index (χ0v) is 17.0. The third-order valence-electron chi connectivity index (χ3n) is 4.32. The van der Waals surface area contributed by atoms with Crippen molar-refractivity contribution in [2.45, 2.75) is 44.9 Å². The fourth-order valence-electron chi connectivity index (χ4n) is 3.14. The van der Waals surface area contributed by atoms with Gasteiger partial charge in [-0.15, -0.1) is 0 Å². The summed E-state index contributed by atoms with van der Waals surface area (Å²) in [6.45, 7) is 5.54. The molecule has 1 aromatic heterocycles. The van der Waals surface area contributed by atoms with Crippen LogP contribution in [0.1, 0.15) is 27.2 Å². The third-order valence-corrected chi connectivity index (χ3v) is 4.56. The minimum atomic E-state index is -0.757. The molecule has 0 saturated carbocycles. The van der Waals surface area contributed by atoms with E-state index < -0.39 is 29.8 Å². The Balaban J connectivity index is 1.82. The molecule has 8 heteroatoms. The molecular weight excluding hydrogens is 384 g/mol. The second-order valence-corrected chi connectivity index (χ2v) is 8.05. The second kappa shape index (κ2) is 7.83. The molecule has 28 heavy (non-hydrogen) atoms. The average molecular weight is 407 g/mol. The first kappa shape index (κ1) is 20.2. The lowest BCUT2D eigenvalue weighted by Crippen LogP contribution is -2.44. The van der Waals surface area contributed by atoms with Gasteiger partial charge in [0.25, 0.3) is 0 Å². The molecule has 1 saturated heterocycles. The lowest BCUT2D eigenvalue weighted by Gasteiger charge is -2.27. The molecule has 2 heterocycles. The number of methoxy groups -OCH3 is 1. The Morgan fingerprint density at radius 2 is 2.00 bits per heavy atom. The van der Waals surface area contributed by atoms with Crippen LogP contribution in [0.4, 0.5) is 4.79 Å². The van der Waals surface area contributed by atoms with E-state index in [1.54, 1.807) is 45.2 Å². The largest absolute Gasteiger partial charge is 0.488 e. The van der Waals surface area contributed by atoms with E-state index in [-0.39, 0.29) is 6.54 Å². The summed E-state index contributed by atoms with van der Waals surface area (Å²) < 4.78 is 16.4. The first-order valence-electron chi connectivity index (χ1n) is 8.96. The molecule has 7 nitrogen and oxygen atoms in total. The Labute approximate surface area is 168 Å². The lowest BCUT2D eigenvalue weighted by molar-refractivity contribution is -0.145. The Kier molecular flexibility index (Phi) is 5.65. The first-order valence-corrected chi connectivity index (χ1v) is 9.34. The highest BCUT2D eigenvalue weighted by atomic mass is 35.5. The fourth-order valence-corrected chi connectivity index (χ4v) is 3.31. The monoisotopic (exact) mass is 406 g/mol. The van der Waals surface area contributed by atoms with E-state index in [0.29, 0.717) is 22.7 Å². The van der Waals surface area contributed by atoms with E-state index in [9.17, 15) is 9.59 Å². The summed E-state index contributed by atoms with van der Waals surface area (Å²) in [5.41, 5.74) is 0.0357. The van der Waals surface area contributed by atoms with Crippen LogP contribution in [-0.4, -0.2) is 53.3 Å². The second-order valence-electron chi connectivity index (χ2n) is 7.62. The molecule has 1 fully saturated rings. The van der Waals surface area contributed by atoms with Crippen molar-refractivity contribution < 1.29 is 23.8 Å². The number of carbonyl (C=O) groups excluding carboxylic acids is 2. The molecule has 0 spiro atoms. The van der Waals surface area contributed by atoms with Gasteiger partial charge in [0, 0.05) is 23.0 Å². The highest BCUT2D eigenvalue weighted by molar-refractivity contribution is 6.31. The number of rotatable bonds is 3. The van der Waals surface area contributed by atoms with Gasteiger partial charge in [-0.25, -0.2) is 9.59 Å². The van der Waals surface area contributed by atoms with Crippen molar-refractivity contribution in [2.24, 2.45) is 0 Å². The zero-order chi connectivity index (χ0) is 20.5. The van der Waals surface area contributed by atoms with Crippen molar-refractivity contribution in [1.29, 1.82) is 0 Å². The quantitative estimate of drug-likeness (QED) is 0.721. The predicted octanol–water partition coefficient (Wildman–Crippen LogP) is 3.82. The molecule has 2 unspecified atom stereocenters. The van der Waals surface area contributed by atoms with E-state index in [1.807, 2.05) is 6.07 Å².